The fourth-order valence-electron chi connectivity index (χ4n) is 1.04. The lowest BCUT2D eigenvalue weighted by Gasteiger charge is -2.04. The quantitative estimate of drug-likeness (QED) is 0.654. The van der Waals surface area contributed by atoms with Gasteiger partial charge in [0.1, 0.15) is 12.7 Å². The maximum Gasteiger partial charge on any atom is 0.190 e. The molecule has 66 valence electrons. The van der Waals surface area contributed by atoms with Crippen molar-refractivity contribution < 1.29 is 9.67 Å². The lowest BCUT2D eigenvalue weighted by molar-refractivity contribution is -0.672. The molecule has 1 atom stereocenters. The van der Waals surface area contributed by atoms with Gasteiger partial charge in [0.05, 0.1) is 12.3 Å². The van der Waals surface area contributed by atoms with Crippen LogP contribution in [0.25, 0.3) is 0 Å². The second-order valence-corrected chi connectivity index (χ2v) is 2.98. The Morgan fingerprint density at radius 2 is 2.42 bits per heavy atom. The van der Waals surface area contributed by atoms with E-state index in [2.05, 4.69) is 4.98 Å². The number of rotatable bonds is 3. The van der Waals surface area contributed by atoms with E-state index < -0.39 is 0 Å². The van der Waals surface area contributed by atoms with Gasteiger partial charge in [-0.05, 0) is 6.42 Å². The predicted octanol–water partition coefficient (Wildman–Crippen LogP) is 0.219. The molecule has 3 nitrogen and oxygen atoms in total. The van der Waals surface area contributed by atoms with Crippen LogP contribution in [-0.2, 0) is 13.5 Å². The highest BCUT2D eigenvalue weighted by Crippen LogP contribution is 1.99. The zero-order valence-electron chi connectivity index (χ0n) is 7.57. The first-order valence-electron chi connectivity index (χ1n) is 4.20. The normalized spacial score (nSPS) is 12.9. The molecule has 0 spiro atoms. The van der Waals surface area contributed by atoms with Crippen molar-refractivity contribution in [2.24, 2.45) is 7.05 Å². The first kappa shape index (κ1) is 9.13. The second-order valence-electron chi connectivity index (χ2n) is 2.98. The topological polar surface area (TPSA) is 37.0 Å². The number of hydrogen-bond donors (Lipinski definition) is 1. The summed E-state index contributed by atoms with van der Waals surface area (Å²) in [6, 6.07) is 0. The number of aliphatic hydroxyl groups excluding tert-OH is 1. The molecule has 0 aliphatic carbocycles. The Morgan fingerprint density at radius 1 is 1.67 bits per heavy atom. The minimum Gasteiger partial charge on any atom is -0.393 e. The Balaban J connectivity index is 2.63. The van der Waals surface area contributed by atoms with Crippen molar-refractivity contribution in [2.45, 2.75) is 25.9 Å². The number of aromatic nitrogens is 2. The third-order valence-corrected chi connectivity index (χ3v) is 1.81. The average Bonchev–Trinajstić information content (AvgIpc) is 2.04. The summed E-state index contributed by atoms with van der Waals surface area (Å²) in [7, 11) is 1.95. The molecular formula is C9H15N2O+. The third kappa shape index (κ3) is 2.58. The maximum atomic E-state index is 9.35. The van der Waals surface area contributed by atoms with Crippen molar-refractivity contribution in [3.05, 3.63) is 24.3 Å². The van der Waals surface area contributed by atoms with Gasteiger partial charge >= 0.3 is 0 Å². The molecule has 3 heteroatoms. The second kappa shape index (κ2) is 4.16. The number of hydrogen-bond acceptors (Lipinski definition) is 2. The molecule has 1 unspecified atom stereocenters. The minimum atomic E-state index is -0.264. The first-order valence-corrected chi connectivity index (χ1v) is 4.20. The van der Waals surface area contributed by atoms with Gasteiger partial charge in [-0.2, -0.15) is 0 Å². The molecule has 0 aliphatic rings. The molecule has 0 aromatic carbocycles. The van der Waals surface area contributed by atoms with Gasteiger partial charge in [0, 0.05) is 6.42 Å². The van der Waals surface area contributed by atoms with Gasteiger partial charge in [0.15, 0.2) is 12.4 Å². The molecule has 0 amide bonds. The van der Waals surface area contributed by atoms with Crippen molar-refractivity contribution in [3.63, 3.8) is 0 Å². The molecule has 0 fully saturated rings. The van der Waals surface area contributed by atoms with Crippen LogP contribution in [-0.4, -0.2) is 16.2 Å². The number of nitrogens with zero attached hydrogens (tertiary/aromatic N) is 2. The minimum absolute atomic E-state index is 0.264. The zero-order valence-corrected chi connectivity index (χ0v) is 7.57. The molecule has 1 N–H and O–H groups in total. The van der Waals surface area contributed by atoms with Gasteiger partial charge in [-0.1, -0.05) is 6.92 Å². The zero-order chi connectivity index (χ0) is 8.97. The monoisotopic (exact) mass is 167 g/mol. The third-order valence-electron chi connectivity index (χ3n) is 1.81. The van der Waals surface area contributed by atoms with Crippen LogP contribution < -0.4 is 4.57 Å². The highest BCUT2D eigenvalue weighted by atomic mass is 16.3. The van der Waals surface area contributed by atoms with Crippen molar-refractivity contribution in [2.75, 3.05) is 0 Å². The maximum absolute atomic E-state index is 9.35. The van der Waals surface area contributed by atoms with Crippen molar-refractivity contribution in [1.82, 2.24) is 4.98 Å². The van der Waals surface area contributed by atoms with Gasteiger partial charge in [-0.15, -0.1) is 0 Å². The molecule has 1 heterocycles. The number of aryl methyl sites for hydroxylation is 1. The summed E-state index contributed by atoms with van der Waals surface area (Å²) in [6.07, 6.45) is 6.71. The van der Waals surface area contributed by atoms with Gasteiger partial charge in [-0.25, -0.2) is 9.55 Å². The molecular weight excluding hydrogens is 152 g/mol. The van der Waals surface area contributed by atoms with Crippen LogP contribution >= 0.6 is 0 Å². The van der Waals surface area contributed by atoms with E-state index >= 15 is 0 Å². The highest BCUT2D eigenvalue weighted by molar-refractivity contribution is 4.92. The van der Waals surface area contributed by atoms with Crippen molar-refractivity contribution in [1.29, 1.82) is 0 Å². The Bertz CT molecular complexity index is 250. The SMILES string of the molecule is CCC(O)Cc1c[n+](C)ccn1. The molecule has 1 aromatic rings. The summed E-state index contributed by atoms with van der Waals surface area (Å²) >= 11 is 0. The van der Waals surface area contributed by atoms with Crippen LogP contribution in [0.3, 0.4) is 0 Å². The Labute approximate surface area is 72.7 Å². The number of aliphatic hydroxyl groups is 1. The van der Waals surface area contributed by atoms with Crippen LogP contribution in [0.15, 0.2) is 18.6 Å². The molecule has 1 aromatic heterocycles. The van der Waals surface area contributed by atoms with E-state index in [-0.39, 0.29) is 6.10 Å². The Morgan fingerprint density at radius 3 is 3.00 bits per heavy atom. The largest absolute Gasteiger partial charge is 0.393 e. The summed E-state index contributed by atoms with van der Waals surface area (Å²) < 4.78 is 1.94. The van der Waals surface area contributed by atoms with E-state index in [1.54, 1.807) is 6.20 Å². The molecule has 1 rings (SSSR count). The molecule has 0 radical (unpaired) electrons. The average molecular weight is 167 g/mol. The fourth-order valence-corrected chi connectivity index (χ4v) is 1.04. The molecule has 0 saturated heterocycles. The molecule has 0 saturated carbocycles. The predicted molar refractivity (Wildman–Crippen MR) is 45.4 cm³/mol. The molecule has 12 heavy (non-hydrogen) atoms. The Kier molecular flexibility index (Phi) is 3.17. The van der Waals surface area contributed by atoms with Gasteiger partial charge < -0.3 is 5.11 Å². The molecule has 0 bridgehead atoms. The lowest BCUT2D eigenvalue weighted by atomic mass is 10.1. The van der Waals surface area contributed by atoms with E-state index in [0.717, 1.165) is 12.1 Å². The van der Waals surface area contributed by atoms with E-state index in [4.69, 9.17) is 0 Å². The Hall–Kier alpha value is -0.960. The summed E-state index contributed by atoms with van der Waals surface area (Å²) in [6.45, 7) is 1.97. The fraction of sp³-hybridized carbons (Fsp3) is 0.556. The van der Waals surface area contributed by atoms with E-state index in [0.29, 0.717) is 6.42 Å². The van der Waals surface area contributed by atoms with E-state index in [1.807, 2.05) is 30.9 Å². The first-order chi connectivity index (χ1) is 5.72. The van der Waals surface area contributed by atoms with Crippen LogP contribution in [0.2, 0.25) is 0 Å². The van der Waals surface area contributed by atoms with Crippen molar-refractivity contribution >= 4 is 0 Å². The van der Waals surface area contributed by atoms with Gasteiger partial charge in [0.25, 0.3) is 0 Å². The highest BCUT2D eigenvalue weighted by Gasteiger charge is 2.06. The summed E-state index contributed by atoms with van der Waals surface area (Å²) in [5, 5.41) is 9.35. The van der Waals surface area contributed by atoms with E-state index in [1.165, 1.54) is 0 Å². The summed E-state index contributed by atoms with van der Waals surface area (Å²) in [4.78, 5) is 4.15. The lowest BCUT2D eigenvalue weighted by Crippen LogP contribution is -2.28. The van der Waals surface area contributed by atoms with Crippen molar-refractivity contribution in [3.8, 4) is 0 Å². The van der Waals surface area contributed by atoms with Crippen LogP contribution in [0.1, 0.15) is 19.0 Å². The van der Waals surface area contributed by atoms with Gasteiger partial charge in [0.2, 0.25) is 0 Å². The summed E-state index contributed by atoms with van der Waals surface area (Å²) in [5.74, 6) is 0. The van der Waals surface area contributed by atoms with Gasteiger partial charge in [-0.3, -0.25) is 0 Å². The molecule has 0 aliphatic heterocycles. The summed E-state index contributed by atoms with van der Waals surface area (Å²) in [5.41, 5.74) is 0.939. The van der Waals surface area contributed by atoms with Crippen LogP contribution in [0, 0.1) is 0 Å². The van der Waals surface area contributed by atoms with E-state index in [9.17, 15) is 5.11 Å². The smallest absolute Gasteiger partial charge is 0.190 e. The van der Waals surface area contributed by atoms with Crippen LogP contribution in [0.4, 0.5) is 0 Å². The standard InChI is InChI=1S/C9H15N2O/c1-3-9(12)6-8-7-11(2)5-4-10-8/h4-5,7,9,12H,3,6H2,1-2H3/q+1. The van der Waals surface area contributed by atoms with Crippen LogP contribution in [0.5, 0.6) is 0 Å².